The zero-order valence-electron chi connectivity index (χ0n) is 18.9. The molecule has 1 saturated heterocycles. The predicted molar refractivity (Wildman–Crippen MR) is 114 cm³/mol. The van der Waals surface area contributed by atoms with Crippen LogP contribution in [0.4, 0.5) is 4.79 Å². The maximum absolute atomic E-state index is 12.0. The molecule has 1 amide bonds. The molecule has 1 saturated carbocycles. The van der Waals surface area contributed by atoms with Crippen molar-refractivity contribution in [3.8, 4) is 0 Å². The van der Waals surface area contributed by atoms with E-state index in [0.29, 0.717) is 11.8 Å². The molecule has 0 radical (unpaired) electrons. The van der Waals surface area contributed by atoms with Gasteiger partial charge in [0.05, 0.1) is 5.69 Å². The number of nitrogens with one attached hydrogen (secondary N) is 1. The van der Waals surface area contributed by atoms with Crippen LogP contribution < -0.4 is 5.32 Å². The van der Waals surface area contributed by atoms with Crippen LogP contribution >= 0.6 is 0 Å². The summed E-state index contributed by atoms with van der Waals surface area (Å²) in [6.45, 7) is 13.5. The Bertz CT molecular complexity index is 659. The van der Waals surface area contributed by atoms with E-state index in [9.17, 15) is 4.79 Å². The van der Waals surface area contributed by atoms with Crippen molar-refractivity contribution < 1.29 is 14.1 Å². The van der Waals surface area contributed by atoms with Crippen molar-refractivity contribution in [1.82, 2.24) is 15.4 Å². The van der Waals surface area contributed by atoms with Gasteiger partial charge in [0.25, 0.3) is 0 Å². The van der Waals surface area contributed by atoms with E-state index < -0.39 is 5.60 Å². The molecule has 6 heteroatoms. The fraction of sp³-hybridized carbons (Fsp3) is 0.826. The van der Waals surface area contributed by atoms with Crippen molar-refractivity contribution in [2.45, 2.75) is 90.7 Å². The first-order valence-corrected chi connectivity index (χ1v) is 11.4. The third-order valence-corrected chi connectivity index (χ3v) is 6.41. The van der Waals surface area contributed by atoms with E-state index >= 15 is 0 Å². The molecule has 0 spiro atoms. The monoisotopic (exact) mass is 405 g/mol. The number of likely N-dealkylation sites (tertiary alicyclic amines) is 1. The zero-order valence-corrected chi connectivity index (χ0v) is 18.9. The van der Waals surface area contributed by atoms with Crippen LogP contribution in [0.1, 0.15) is 84.1 Å². The first-order valence-electron chi connectivity index (χ1n) is 11.4. The maximum Gasteiger partial charge on any atom is 0.407 e. The molecule has 0 unspecified atom stereocenters. The summed E-state index contributed by atoms with van der Waals surface area (Å²) in [5.74, 6) is 2.87. The lowest BCUT2D eigenvalue weighted by atomic mass is 9.84. The van der Waals surface area contributed by atoms with Gasteiger partial charge in [0.15, 0.2) is 0 Å². The number of hydrogen-bond acceptors (Lipinski definition) is 5. The summed E-state index contributed by atoms with van der Waals surface area (Å²) < 4.78 is 10.8. The topological polar surface area (TPSA) is 67.6 Å². The first-order chi connectivity index (χ1) is 13.7. The van der Waals surface area contributed by atoms with Crippen LogP contribution in [0.2, 0.25) is 0 Å². The Labute approximate surface area is 175 Å². The van der Waals surface area contributed by atoms with Gasteiger partial charge in [-0.3, -0.25) is 0 Å². The Morgan fingerprint density at radius 3 is 2.62 bits per heavy atom. The van der Waals surface area contributed by atoms with Crippen LogP contribution in [0.25, 0.3) is 0 Å². The molecule has 2 atom stereocenters. The highest BCUT2D eigenvalue weighted by atomic mass is 16.6. The van der Waals surface area contributed by atoms with Gasteiger partial charge < -0.3 is 19.5 Å². The Hall–Kier alpha value is -1.56. The molecule has 2 fully saturated rings. The second kappa shape index (κ2) is 9.50. The zero-order chi connectivity index (χ0) is 21.0. The summed E-state index contributed by atoms with van der Waals surface area (Å²) in [4.78, 5) is 14.6. The lowest BCUT2D eigenvalue weighted by Gasteiger charge is -2.31. The third-order valence-electron chi connectivity index (χ3n) is 6.41. The summed E-state index contributed by atoms with van der Waals surface area (Å²) in [5, 5.41) is 7.35. The number of ether oxygens (including phenoxy) is 1. The van der Waals surface area contributed by atoms with Gasteiger partial charge in [-0.25, -0.2) is 4.79 Å². The molecule has 0 bridgehead atoms. The molecule has 2 aliphatic rings. The number of amides is 1. The average Bonchev–Trinajstić information content (AvgIpc) is 3.25. The fourth-order valence-corrected chi connectivity index (χ4v) is 4.74. The Morgan fingerprint density at radius 2 is 2.00 bits per heavy atom. The van der Waals surface area contributed by atoms with Gasteiger partial charge in [0.1, 0.15) is 11.4 Å². The second-order valence-electron chi connectivity index (χ2n) is 10.1. The molecular formula is C23H39N3O3. The van der Waals surface area contributed by atoms with E-state index in [0.717, 1.165) is 56.3 Å². The van der Waals surface area contributed by atoms with Gasteiger partial charge in [-0.05, 0) is 71.3 Å². The molecule has 1 aromatic heterocycles. The van der Waals surface area contributed by atoms with Crippen molar-refractivity contribution in [3.63, 3.8) is 0 Å². The number of hydrogen-bond donors (Lipinski definition) is 1. The molecule has 1 aromatic rings. The van der Waals surface area contributed by atoms with Crippen LogP contribution in [0.5, 0.6) is 0 Å². The molecule has 29 heavy (non-hydrogen) atoms. The van der Waals surface area contributed by atoms with E-state index in [4.69, 9.17) is 9.26 Å². The van der Waals surface area contributed by atoms with Crippen molar-refractivity contribution in [1.29, 1.82) is 0 Å². The van der Waals surface area contributed by atoms with Crippen LogP contribution in [0.15, 0.2) is 10.6 Å². The Morgan fingerprint density at radius 1 is 1.28 bits per heavy atom. The molecule has 3 rings (SSSR count). The minimum atomic E-state index is -0.434. The normalized spacial score (nSPS) is 28.4. The minimum absolute atomic E-state index is 0.261. The maximum atomic E-state index is 12.0. The van der Waals surface area contributed by atoms with Gasteiger partial charge in [0, 0.05) is 37.5 Å². The number of nitrogens with zero attached hydrogens (tertiary/aromatic N) is 2. The highest BCUT2D eigenvalue weighted by Gasteiger charge is 2.33. The van der Waals surface area contributed by atoms with E-state index in [-0.39, 0.29) is 12.1 Å². The minimum Gasteiger partial charge on any atom is -0.444 e. The lowest BCUT2D eigenvalue weighted by Crippen LogP contribution is -2.41. The molecule has 2 heterocycles. The Balaban J connectivity index is 1.37. The highest BCUT2D eigenvalue weighted by molar-refractivity contribution is 5.68. The SMILES string of the molecule is CCc1cc([C@H]2CN(CCC3CCC(NC(=O)OC(C)(C)C)CC3)C[C@@H]2C)no1. The molecule has 0 aromatic carbocycles. The van der Waals surface area contributed by atoms with Gasteiger partial charge in [-0.2, -0.15) is 0 Å². The quantitative estimate of drug-likeness (QED) is 0.740. The van der Waals surface area contributed by atoms with Crippen LogP contribution in [-0.2, 0) is 11.2 Å². The van der Waals surface area contributed by atoms with E-state index in [1.165, 1.54) is 19.3 Å². The summed E-state index contributed by atoms with van der Waals surface area (Å²) in [6.07, 6.45) is 6.37. The van der Waals surface area contributed by atoms with E-state index in [1.54, 1.807) is 0 Å². The molecule has 6 nitrogen and oxygen atoms in total. The average molecular weight is 406 g/mol. The summed E-state index contributed by atoms with van der Waals surface area (Å²) >= 11 is 0. The fourth-order valence-electron chi connectivity index (χ4n) is 4.74. The van der Waals surface area contributed by atoms with Gasteiger partial charge in [-0.1, -0.05) is 19.0 Å². The number of rotatable bonds is 6. The molecular weight excluding hydrogens is 366 g/mol. The number of aryl methyl sites for hydroxylation is 1. The standard InChI is InChI=1S/C23H39N3O3/c1-6-19-13-21(25-29-19)20-15-26(14-16(20)2)12-11-17-7-9-18(10-8-17)24-22(27)28-23(3,4)5/h13,16-18,20H,6-12,14-15H2,1-5H3,(H,24,27)/t16-,17?,18?,20-/m0/s1. The predicted octanol–water partition coefficient (Wildman–Crippen LogP) is 4.75. The summed E-state index contributed by atoms with van der Waals surface area (Å²) in [7, 11) is 0. The van der Waals surface area contributed by atoms with E-state index in [1.807, 2.05) is 20.8 Å². The van der Waals surface area contributed by atoms with Crippen molar-refractivity contribution in [2.24, 2.45) is 11.8 Å². The molecule has 1 aliphatic carbocycles. The molecule has 1 aliphatic heterocycles. The second-order valence-corrected chi connectivity index (χ2v) is 10.1. The van der Waals surface area contributed by atoms with Gasteiger partial charge in [-0.15, -0.1) is 0 Å². The smallest absolute Gasteiger partial charge is 0.407 e. The molecule has 1 N–H and O–H groups in total. The molecule has 164 valence electrons. The van der Waals surface area contributed by atoms with Crippen molar-refractivity contribution in [2.75, 3.05) is 19.6 Å². The van der Waals surface area contributed by atoms with Crippen LogP contribution in [0.3, 0.4) is 0 Å². The van der Waals surface area contributed by atoms with Crippen LogP contribution in [0, 0.1) is 11.8 Å². The van der Waals surface area contributed by atoms with E-state index in [2.05, 4.69) is 35.3 Å². The number of aromatic nitrogens is 1. The summed E-state index contributed by atoms with van der Waals surface area (Å²) in [6, 6.07) is 2.40. The lowest BCUT2D eigenvalue weighted by molar-refractivity contribution is 0.0486. The number of carbonyl (C=O) groups excluding carboxylic acids is 1. The summed E-state index contributed by atoms with van der Waals surface area (Å²) in [5.41, 5.74) is 0.696. The van der Waals surface area contributed by atoms with Gasteiger partial charge in [0.2, 0.25) is 0 Å². The third kappa shape index (κ3) is 6.46. The van der Waals surface area contributed by atoms with Crippen LogP contribution in [-0.4, -0.2) is 47.4 Å². The highest BCUT2D eigenvalue weighted by Crippen LogP contribution is 2.33. The van der Waals surface area contributed by atoms with Gasteiger partial charge >= 0.3 is 6.09 Å². The van der Waals surface area contributed by atoms with Crippen molar-refractivity contribution in [3.05, 3.63) is 17.5 Å². The first kappa shape index (κ1) is 22.1. The number of carbonyl (C=O) groups is 1. The van der Waals surface area contributed by atoms with Crippen molar-refractivity contribution >= 4 is 6.09 Å². The largest absolute Gasteiger partial charge is 0.444 e. The number of alkyl carbamates (subject to hydrolysis) is 1. The Kier molecular flexibility index (Phi) is 7.25.